The van der Waals surface area contributed by atoms with Gasteiger partial charge in [0.05, 0.1) is 12.2 Å². The Hall–Kier alpha value is -1.85. The number of nitrogens with one attached hydrogen (secondary N) is 2. The minimum atomic E-state index is -0.474. The van der Waals surface area contributed by atoms with E-state index in [-0.39, 0.29) is 18.2 Å². The molecule has 1 aliphatic carbocycles. The van der Waals surface area contributed by atoms with Crippen LogP contribution in [0.5, 0.6) is 0 Å². The first-order valence-corrected chi connectivity index (χ1v) is 7.48. The standard InChI is InChI=1S/C15H23N3O3/c1-9(2)6-10(3)21-15(20)16-8-12-7-13(19)18-14(17-12)11-4-5-11/h7,9-11H,4-6,8H2,1-3H3,(H,16,20)(H,17,18,19)/t10-/m0/s1. The molecule has 2 N–H and O–H groups in total. The molecule has 6 heteroatoms. The molecule has 116 valence electrons. The number of ether oxygens (including phenoxy) is 1. The lowest BCUT2D eigenvalue weighted by atomic mass is 10.1. The summed E-state index contributed by atoms with van der Waals surface area (Å²) in [5.74, 6) is 1.57. The van der Waals surface area contributed by atoms with E-state index in [0.717, 1.165) is 25.1 Å². The van der Waals surface area contributed by atoms with E-state index in [1.807, 2.05) is 6.92 Å². The van der Waals surface area contributed by atoms with Gasteiger partial charge in [0.1, 0.15) is 11.9 Å². The first-order valence-electron chi connectivity index (χ1n) is 7.48. The van der Waals surface area contributed by atoms with Crippen molar-refractivity contribution in [1.82, 2.24) is 15.3 Å². The monoisotopic (exact) mass is 293 g/mol. The van der Waals surface area contributed by atoms with Crippen LogP contribution in [0.4, 0.5) is 4.79 Å². The number of hydrogen-bond donors (Lipinski definition) is 2. The molecular weight excluding hydrogens is 270 g/mol. The van der Waals surface area contributed by atoms with Crippen molar-refractivity contribution in [3.05, 3.63) is 27.9 Å². The summed E-state index contributed by atoms with van der Waals surface area (Å²) in [4.78, 5) is 30.3. The molecule has 0 radical (unpaired) electrons. The molecule has 0 saturated heterocycles. The molecule has 0 aliphatic heterocycles. The van der Waals surface area contributed by atoms with Crippen molar-refractivity contribution >= 4 is 6.09 Å². The molecule has 0 bridgehead atoms. The number of carbonyl (C=O) groups is 1. The van der Waals surface area contributed by atoms with E-state index in [9.17, 15) is 9.59 Å². The lowest BCUT2D eigenvalue weighted by molar-refractivity contribution is 0.0948. The zero-order valence-electron chi connectivity index (χ0n) is 12.8. The van der Waals surface area contributed by atoms with Gasteiger partial charge in [-0.05, 0) is 32.1 Å². The summed E-state index contributed by atoms with van der Waals surface area (Å²) in [5, 5.41) is 2.64. The van der Waals surface area contributed by atoms with Crippen LogP contribution in [0, 0.1) is 5.92 Å². The summed E-state index contributed by atoms with van der Waals surface area (Å²) < 4.78 is 5.24. The van der Waals surface area contributed by atoms with Crippen LogP contribution in [0.1, 0.15) is 57.5 Å². The molecule has 1 atom stereocenters. The van der Waals surface area contributed by atoms with Crippen molar-refractivity contribution in [2.75, 3.05) is 0 Å². The van der Waals surface area contributed by atoms with Gasteiger partial charge in [0, 0.05) is 12.0 Å². The van der Waals surface area contributed by atoms with Crippen LogP contribution in [-0.4, -0.2) is 22.2 Å². The zero-order chi connectivity index (χ0) is 15.4. The highest BCUT2D eigenvalue weighted by molar-refractivity contribution is 5.67. The van der Waals surface area contributed by atoms with Crippen LogP contribution in [-0.2, 0) is 11.3 Å². The molecule has 1 fully saturated rings. The van der Waals surface area contributed by atoms with Crippen LogP contribution in [0.2, 0.25) is 0 Å². The number of alkyl carbamates (subject to hydrolysis) is 1. The zero-order valence-corrected chi connectivity index (χ0v) is 12.8. The summed E-state index contributed by atoms with van der Waals surface area (Å²) >= 11 is 0. The molecule has 1 aromatic heterocycles. The minimum absolute atomic E-state index is 0.126. The minimum Gasteiger partial charge on any atom is -0.447 e. The van der Waals surface area contributed by atoms with Crippen molar-refractivity contribution in [3.63, 3.8) is 0 Å². The Morgan fingerprint density at radius 2 is 2.19 bits per heavy atom. The fraction of sp³-hybridized carbons (Fsp3) is 0.667. The average molecular weight is 293 g/mol. The van der Waals surface area contributed by atoms with Gasteiger partial charge in [-0.3, -0.25) is 4.79 Å². The third-order valence-corrected chi connectivity index (χ3v) is 3.30. The van der Waals surface area contributed by atoms with E-state index in [1.165, 1.54) is 6.07 Å². The van der Waals surface area contributed by atoms with Gasteiger partial charge < -0.3 is 15.0 Å². The number of aromatic nitrogens is 2. The summed E-state index contributed by atoms with van der Waals surface area (Å²) in [5.41, 5.74) is 0.388. The maximum Gasteiger partial charge on any atom is 0.407 e. The maximum atomic E-state index is 11.7. The van der Waals surface area contributed by atoms with Crippen LogP contribution < -0.4 is 10.9 Å². The lowest BCUT2D eigenvalue weighted by Crippen LogP contribution is -2.29. The molecular formula is C15H23N3O3. The van der Waals surface area contributed by atoms with Crippen LogP contribution in [0.3, 0.4) is 0 Å². The molecule has 1 saturated carbocycles. The van der Waals surface area contributed by atoms with E-state index in [1.54, 1.807) is 0 Å². The molecule has 1 amide bonds. The van der Waals surface area contributed by atoms with Crippen LogP contribution >= 0.6 is 0 Å². The SMILES string of the molecule is CC(C)C[C@H](C)OC(=O)NCc1cc(=O)[nH]c(C2CC2)n1. The molecule has 1 heterocycles. The molecule has 1 aliphatic rings. The summed E-state index contributed by atoms with van der Waals surface area (Å²) in [6, 6.07) is 1.41. The topological polar surface area (TPSA) is 84.1 Å². The third-order valence-electron chi connectivity index (χ3n) is 3.30. The highest BCUT2D eigenvalue weighted by Crippen LogP contribution is 2.37. The first kappa shape index (κ1) is 15.5. The molecule has 6 nitrogen and oxygen atoms in total. The average Bonchev–Trinajstić information content (AvgIpc) is 3.18. The second-order valence-corrected chi connectivity index (χ2v) is 6.10. The van der Waals surface area contributed by atoms with Gasteiger partial charge in [0.15, 0.2) is 0 Å². The molecule has 0 spiro atoms. The third kappa shape index (κ3) is 5.21. The Morgan fingerprint density at radius 1 is 1.48 bits per heavy atom. The molecule has 2 rings (SSSR count). The number of H-pyrrole nitrogens is 1. The van der Waals surface area contributed by atoms with E-state index < -0.39 is 6.09 Å². The molecule has 21 heavy (non-hydrogen) atoms. The Labute approximate surface area is 124 Å². The van der Waals surface area contributed by atoms with Crippen LogP contribution in [0.15, 0.2) is 10.9 Å². The molecule has 0 aromatic carbocycles. The largest absolute Gasteiger partial charge is 0.447 e. The maximum absolute atomic E-state index is 11.7. The van der Waals surface area contributed by atoms with E-state index >= 15 is 0 Å². The van der Waals surface area contributed by atoms with E-state index in [0.29, 0.717) is 17.5 Å². The highest BCUT2D eigenvalue weighted by Gasteiger charge is 2.26. The predicted molar refractivity (Wildman–Crippen MR) is 79.1 cm³/mol. The highest BCUT2D eigenvalue weighted by atomic mass is 16.6. The Kier molecular flexibility index (Phi) is 4.98. The van der Waals surface area contributed by atoms with Crippen molar-refractivity contribution in [2.45, 2.75) is 58.6 Å². The number of aromatic amines is 1. The van der Waals surface area contributed by atoms with Gasteiger partial charge in [-0.2, -0.15) is 0 Å². The number of hydrogen-bond acceptors (Lipinski definition) is 4. The van der Waals surface area contributed by atoms with Gasteiger partial charge >= 0.3 is 6.09 Å². The molecule has 1 aromatic rings. The van der Waals surface area contributed by atoms with Gasteiger partial charge in [-0.15, -0.1) is 0 Å². The summed E-state index contributed by atoms with van der Waals surface area (Å²) in [6.07, 6.45) is 2.35. The quantitative estimate of drug-likeness (QED) is 0.843. The number of nitrogens with zero attached hydrogens (tertiary/aromatic N) is 1. The Bertz CT molecular complexity index is 549. The van der Waals surface area contributed by atoms with E-state index in [2.05, 4.69) is 29.1 Å². The fourth-order valence-electron chi connectivity index (χ4n) is 2.27. The first-order chi connectivity index (χ1) is 9.94. The number of carbonyl (C=O) groups excluding carboxylic acids is 1. The second-order valence-electron chi connectivity index (χ2n) is 6.10. The van der Waals surface area contributed by atoms with Crippen molar-refractivity contribution < 1.29 is 9.53 Å². The van der Waals surface area contributed by atoms with Crippen molar-refractivity contribution in [2.24, 2.45) is 5.92 Å². The summed E-state index contributed by atoms with van der Waals surface area (Å²) in [7, 11) is 0. The van der Waals surface area contributed by atoms with Gasteiger partial charge in [-0.1, -0.05) is 13.8 Å². The smallest absolute Gasteiger partial charge is 0.407 e. The second kappa shape index (κ2) is 6.74. The van der Waals surface area contributed by atoms with Crippen molar-refractivity contribution in [1.29, 1.82) is 0 Å². The number of amides is 1. The number of rotatable bonds is 6. The van der Waals surface area contributed by atoms with E-state index in [4.69, 9.17) is 4.74 Å². The van der Waals surface area contributed by atoms with Gasteiger partial charge in [0.25, 0.3) is 5.56 Å². The predicted octanol–water partition coefficient (Wildman–Crippen LogP) is 2.31. The summed E-state index contributed by atoms with van der Waals surface area (Å²) in [6.45, 7) is 6.24. The lowest BCUT2D eigenvalue weighted by Gasteiger charge is -2.15. The Morgan fingerprint density at radius 3 is 2.81 bits per heavy atom. The van der Waals surface area contributed by atoms with Gasteiger partial charge in [-0.25, -0.2) is 9.78 Å². The van der Waals surface area contributed by atoms with Crippen molar-refractivity contribution in [3.8, 4) is 0 Å². The normalized spacial score (nSPS) is 15.8. The molecule has 0 unspecified atom stereocenters. The van der Waals surface area contributed by atoms with Crippen LogP contribution in [0.25, 0.3) is 0 Å². The van der Waals surface area contributed by atoms with Gasteiger partial charge in [0.2, 0.25) is 0 Å². The Balaban J connectivity index is 1.85. The fourth-order valence-corrected chi connectivity index (χ4v) is 2.27.